The second kappa shape index (κ2) is 8.94. The van der Waals surface area contributed by atoms with Crippen molar-refractivity contribution in [2.24, 2.45) is 0 Å². The quantitative estimate of drug-likeness (QED) is 0.816. The molecule has 1 aromatic heterocycles. The molecule has 0 spiro atoms. The molecule has 1 aliphatic rings. The molecule has 3 rings (SSSR count). The van der Waals surface area contributed by atoms with E-state index in [1.54, 1.807) is 16.8 Å². The summed E-state index contributed by atoms with van der Waals surface area (Å²) in [5, 5.41) is 20.9. The number of hydrogen-bond donors (Lipinski definition) is 0. The first-order chi connectivity index (χ1) is 10.7. The number of benzene rings is 1. The fourth-order valence-electron chi connectivity index (χ4n) is 2.65. The van der Waals surface area contributed by atoms with Crippen LogP contribution in [0.25, 0.3) is 5.69 Å². The second-order valence-electron chi connectivity index (χ2n) is 5.73. The average molecular weight is 370 g/mol. The van der Waals surface area contributed by atoms with Gasteiger partial charge in [-0.3, -0.25) is 4.90 Å². The van der Waals surface area contributed by atoms with Crippen LogP contribution in [0.4, 0.5) is 0 Å². The number of tetrazole rings is 1. The normalized spacial score (nSPS) is 18.3. The summed E-state index contributed by atoms with van der Waals surface area (Å²) in [4.78, 5) is 4.73. The van der Waals surface area contributed by atoms with Gasteiger partial charge in [-0.15, -0.1) is 29.9 Å². The number of hydrogen-bond acceptors (Lipinski definition) is 6. The Hall–Kier alpha value is -1.72. The lowest BCUT2D eigenvalue weighted by atomic mass is 10.2. The highest BCUT2D eigenvalue weighted by Crippen LogP contribution is 2.13. The third kappa shape index (κ3) is 4.42. The lowest BCUT2D eigenvalue weighted by Crippen LogP contribution is -2.49. The van der Waals surface area contributed by atoms with Gasteiger partial charge in [0.05, 0.1) is 23.9 Å². The van der Waals surface area contributed by atoms with Crippen LogP contribution >= 0.6 is 24.8 Å². The standard InChI is InChI=1S/C15H19N7.2ClH/c1-12-10-21(8-7-20(12)2)11-15-17-18-19-22(15)14-5-3-13(9-16)4-6-14;;/h3-6,12H,7-8,10-11H2,1-2H3;2*1H. The van der Waals surface area contributed by atoms with Crippen molar-refractivity contribution >= 4 is 24.8 Å². The van der Waals surface area contributed by atoms with Crippen LogP contribution in [0, 0.1) is 11.3 Å². The van der Waals surface area contributed by atoms with Gasteiger partial charge in [0.25, 0.3) is 0 Å². The Morgan fingerprint density at radius 3 is 2.54 bits per heavy atom. The lowest BCUT2D eigenvalue weighted by molar-refractivity contribution is 0.0974. The number of likely N-dealkylation sites (N-methyl/N-ethyl adjacent to an activating group) is 1. The molecule has 2 heterocycles. The van der Waals surface area contributed by atoms with Crippen molar-refractivity contribution < 1.29 is 0 Å². The molecule has 0 bridgehead atoms. The maximum Gasteiger partial charge on any atom is 0.170 e. The largest absolute Gasteiger partial charge is 0.301 e. The molecule has 1 atom stereocenters. The number of nitrogens with zero attached hydrogens (tertiary/aromatic N) is 7. The molecule has 0 aliphatic carbocycles. The monoisotopic (exact) mass is 369 g/mol. The summed E-state index contributed by atoms with van der Waals surface area (Å²) in [6.45, 7) is 6.04. The number of rotatable bonds is 3. The predicted octanol–water partition coefficient (Wildman–Crippen LogP) is 1.51. The Kier molecular flexibility index (Phi) is 7.58. The van der Waals surface area contributed by atoms with E-state index in [1.165, 1.54) is 0 Å². The molecule has 7 nitrogen and oxygen atoms in total. The molecule has 2 aromatic rings. The first-order valence-corrected chi connectivity index (χ1v) is 7.38. The van der Waals surface area contributed by atoms with Crippen LogP contribution in [0.15, 0.2) is 24.3 Å². The third-order valence-electron chi connectivity index (χ3n) is 4.18. The number of aromatic nitrogens is 4. The highest BCUT2D eigenvalue weighted by Gasteiger charge is 2.22. The molecule has 1 unspecified atom stereocenters. The SMILES string of the molecule is CC1CN(Cc2nnnn2-c2ccc(C#N)cc2)CCN1C.Cl.Cl. The Labute approximate surface area is 154 Å². The average Bonchev–Trinajstić information content (AvgIpc) is 2.99. The van der Waals surface area contributed by atoms with E-state index in [9.17, 15) is 0 Å². The van der Waals surface area contributed by atoms with E-state index in [1.807, 2.05) is 12.1 Å². The zero-order valence-electron chi connectivity index (χ0n) is 13.7. The van der Waals surface area contributed by atoms with Gasteiger partial charge in [0, 0.05) is 25.7 Å². The molecular weight excluding hydrogens is 349 g/mol. The zero-order chi connectivity index (χ0) is 15.5. The molecule has 0 radical (unpaired) electrons. The molecular formula is C15H21Cl2N7. The van der Waals surface area contributed by atoms with Crippen LogP contribution in [0.5, 0.6) is 0 Å². The molecule has 0 amide bonds. The molecule has 1 aliphatic heterocycles. The van der Waals surface area contributed by atoms with Crippen LogP contribution in [-0.2, 0) is 6.54 Å². The minimum absolute atomic E-state index is 0. The van der Waals surface area contributed by atoms with Gasteiger partial charge in [-0.25, -0.2) is 0 Å². The van der Waals surface area contributed by atoms with E-state index < -0.39 is 0 Å². The van der Waals surface area contributed by atoms with E-state index in [0.29, 0.717) is 11.6 Å². The highest BCUT2D eigenvalue weighted by atomic mass is 35.5. The molecule has 130 valence electrons. The van der Waals surface area contributed by atoms with E-state index >= 15 is 0 Å². The lowest BCUT2D eigenvalue weighted by Gasteiger charge is -2.37. The maximum atomic E-state index is 8.87. The molecule has 9 heteroatoms. The minimum Gasteiger partial charge on any atom is -0.301 e. The van der Waals surface area contributed by atoms with Crippen LogP contribution < -0.4 is 0 Å². The number of halogens is 2. The van der Waals surface area contributed by atoms with Gasteiger partial charge in [-0.05, 0) is 48.7 Å². The summed E-state index contributed by atoms with van der Waals surface area (Å²) in [5.74, 6) is 0.821. The number of piperazine rings is 1. The van der Waals surface area contributed by atoms with E-state index in [2.05, 4.69) is 45.4 Å². The smallest absolute Gasteiger partial charge is 0.170 e. The van der Waals surface area contributed by atoms with Gasteiger partial charge in [0.15, 0.2) is 5.82 Å². The minimum atomic E-state index is 0. The molecule has 24 heavy (non-hydrogen) atoms. The van der Waals surface area contributed by atoms with Crippen molar-refractivity contribution in [3.8, 4) is 11.8 Å². The van der Waals surface area contributed by atoms with Crippen LogP contribution in [0.1, 0.15) is 18.3 Å². The van der Waals surface area contributed by atoms with Crippen molar-refractivity contribution in [1.82, 2.24) is 30.0 Å². The summed E-state index contributed by atoms with van der Waals surface area (Å²) in [7, 11) is 2.16. The van der Waals surface area contributed by atoms with Crippen molar-refractivity contribution in [2.75, 3.05) is 26.7 Å². The first-order valence-electron chi connectivity index (χ1n) is 7.38. The fourth-order valence-corrected chi connectivity index (χ4v) is 2.65. The summed E-state index contributed by atoms with van der Waals surface area (Å²) in [6, 6.07) is 9.94. The highest BCUT2D eigenvalue weighted by molar-refractivity contribution is 5.85. The van der Waals surface area contributed by atoms with E-state index in [4.69, 9.17) is 5.26 Å². The van der Waals surface area contributed by atoms with Gasteiger partial charge in [0.1, 0.15) is 0 Å². The summed E-state index contributed by atoms with van der Waals surface area (Å²) in [5.41, 5.74) is 1.51. The van der Waals surface area contributed by atoms with Gasteiger partial charge in [-0.1, -0.05) is 0 Å². The molecule has 1 fully saturated rings. The van der Waals surface area contributed by atoms with Crippen LogP contribution in [-0.4, -0.2) is 62.7 Å². The van der Waals surface area contributed by atoms with E-state index in [-0.39, 0.29) is 24.8 Å². The Morgan fingerprint density at radius 1 is 1.21 bits per heavy atom. The van der Waals surface area contributed by atoms with Gasteiger partial charge in [0.2, 0.25) is 0 Å². The zero-order valence-corrected chi connectivity index (χ0v) is 15.3. The van der Waals surface area contributed by atoms with Crippen molar-refractivity contribution in [3.05, 3.63) is 35.7 Å². The summed E-state index contributed by atoms with van der Waals surface area (Å²) >= 11 is 0. The molecule has 1 aromatic carbocycles. The van der Waals surface area contributed by atoms with Crippen molar-refractivity contribution in [1.29, 1.82) is 5.26 Å². The number of nitriles is 1. The Balaban J connectivity index is 0.00000144. The molecule has 1 saturated heterocycles. The molecule has 0 N–H and O–H groups in total. The first kappa shape index (κ1) is 20.3. The van der Waals surface area contributed by atoms with Gasteiger partial charge in [-0.2, -0.15) is 9.94 Å². The Morgan fingerprint density at radius 2 is 1.92 bits per heavy atom. The summed E-state index contributed by atoms with van der Waals surface area (Å²) in [6.07, 6.45) is 0. The van der Waals surface area contributed by atoms with Crippen LogP contribution in [0.3, 0.4) is 0 Å². The van der Waals surface area contributed by atoms with Crippen LogP contribution in [0.2, 0.25) is 0 Å². The van der Waals surface area contributed by atoms with Crippen molar-refractivity contribution in [3.63, 3.8) is 0 Å². The topological polar surface area (TPSA) is 73.9 Å². The predicted molar refractivity (Wildman–Crippen MR) is 95.7 cm³/mol. The fraction of sp³-hybridized carbons (Fsp3) is 0.467. The Bertz CT molecular complexity index is 680. The third-order valence-corrected chi connectivity index (χ3v) is 4.18. The maximum absolute atomic E-state index is 8.87. The van der Waals surface area contributed by atoms with Gasteiger partial charge < -0.3 is 4.90 Å². The summed E-state index contributed by atoms with van der Waals surface area (Å²) < 4.78 is 1.74. The van der Waals surface area contributed by atoms with Gasteiger partial charge >= 0.3 is 0 Å². The van der Waals surface area contributed by atoms with Crippen molar-refractivity contribution in [2.45, 2.75) is 19.5 Å². The molecule has 0 saturated carbocycles. The van der Waals surface area contributed by atoms with E-state index in [0.717, 1.165) is 37.7 Å². The second-order valence-corrected chi connectivity index (χ2v) is 5.73.